The second kappa shape index (κ2) is 12.5. The van der Waals surface area contributed by atoms with Crippen molar-refractivity contribution in [1.29, 1.82) is 0 Å². The molecule has 0 aliphatic carbocycles. The van der Waals surface area contributed by atoms with Crippen molar-refractivity contribution in [3.05, 3.63) is 59.0 Å². The molecule has 0 atom stereocenters. The standard InChI is InChI=1S/C28H31N3O7S/c1-17-24(38-16-23(32)33)26(27(34)35)39-25(17)19-4-3-5-21(14-19)29-15-18-10-12-31(13-11-18)28(36)30-20-6-8-22(37-2)9-7-20/h3-9,14,18,29H,10-13,15-16H2,1-2H3,(H,30,36)(H,32,33)(H,34,35). The molecule has 1 aliphatic heterocycles. The average molecular weight is 554 g/mol. The number of thiophene rings is 1. The Bertz CT molecular complexity index is 1330. The van der Waals surface area contributed by atoms with E-state index in [0.717, 1.165) is 53.4 Å². The smallest absolute Gasteiger partial charge is 0.349 e. The maximum absolute atomic E-state index is 12.6. The number of rotatable bonds is 10. The summed E-state index contributed by atoms with van der Waals surface area (Å²) in [5.74, 6) is -1.11. The van der Waals surface area contributed by atoms with E-state index in [4.69, 9.17) is 14.6 Å². The molecule has 39 heavy (non-hydrogen) atoms. The van der Waals surface area contributed by atoms with Gasteiger partial charge in [0.15, 0.2) is 11.5 Å². The number of nitrogens with one attached hydrogen (secondary N) is 2. The molecule has 2 aromatic carbocycles. The third kappa shape index (κ3) is 6.99. The van der Waals surface area contributed by atoms with Crippen LogP contribution in [0.5, 0.6) is 11.5 Å². The summed E-state index contributed by atoms with van der Waals surface area (Å²) in [5, 5.41) is 24.9. The first kappa shape index (κ1) is 27.8. The molecule has 2 amide bonds. The lowest BCUT2D eigenvalue weighted by Gasteiger charge is -2.32. The fourth-order valence-electron chi connectivity index (χ4n) is 4.47. The number of ether oxygens (including phenoxy) is 2. The summed E-state index contributed by atoms with van der Waals surface area (Å²) in [6.07, 6.45) is 1.75. The lowest BCUT2D eigenvalue weighted by molar-refractivity contribution is -0.139. The highest BCUT2D eigenvalue weighted by Gasteiger charge is 2.24. The quantitative estimate of drug-likeness (QED) is 0.267. The molecule has 1 aromatic heterocycles. The van der Waals surface area contributed by atoms with Crippen LogP contribution in [0.1, 0.15) is 28.1 Å². The molecule has 206 valence electrons. The second-order valence-corrected chi connectivity index (χ2v) is 10.3. The van der Waals surface area contributed by atoms with Crippen LogP contribution in [0.3, 0.4) is 0 Å². The molecule has 0 saturated carbocycles. The van der Waals surface area contributed by atoms with Gasteiger partial charge in [-0.25, -0.2) is 14.4 Å². The third-order valence-electron chi connectivity index (χ3n) is 6.59. The van der Waals surface area contributed by atoms with Gasteiger partial charge in [0, 0.05) is 41.4 Å². The molecule has 0 unspecified atom stereocenters. The molecule has 2 heterocycles. The number of hydrogen-bond donors (Lipinski definition) is 4. The van der Waals surface area contributed by atoms with Crippen LogP contribution in [0.15, 0.2) is 48.5 Å². The lowest BCUT2D eigenvalue weighted by Crippen LogP contribution is -2.42. The number of nitrogens with zero attached hydrogens (tertiary/aromatic N) is 1. The predicted molar refractivity (Wildman–Crippen MR) is 149 cm³/mol. The Labute approximate surface area is 230 Å². The minimum atomic E-state index is -1.17. The van der Waals surface area contributed by atoms with Gasteiger partial charge in [-0.1, -0.05) is 12.1 Å². The largest absolute Gasteiger partial charge is 0.497 e. The summed E-state index contributed by atoms with van der Waals surface area (Å²) in [6, 6.07) is 14.8. The third-order valence-corrected chi connectivity index (χ3v) is 7.90. The molecule has 10 nitrogen and oxygen atoms in total. The number of likely N-dealkylation sites (tertiary alicyclic amines) is 1. The number of anilines is 2. The molecule has 1 saturated heterocycles. The summed E-state index contributed by atoms with van der Waals surface area (Å²) in [7, 11) is 1.60. The van der Waals surface area contributed by atoms with E-state index in [1.54, 1.807) is 26.2 Å². The van der Waals surface area contributed by atoms with Crippen molar-refractivity contribution in [3.63, 3.8) is 0 Å². The van der Waals surface area contributed by atoms with E-state index in [9.17, 15) is 19.5 Å². The fraction of sp³-hybridized carbons (Fsp3) is 0.321. The van der Waals surface area contributed by atoms with Crippen LogP contribution in [0.2, 0.25) is 0 Å². The highest BCUT2D eigenvalue weighted by Crippen LogP contribution is 2.42. The van der Waals surface area contributed by atoms with E-state index in [0.29, 0.717) is 29.4 Å². The van der Waals surface area contributed by atoms with Gasteiger partial charge >= 0.3 is 18.0 Å². The molecule has 0 spiro atoms. The van der Waals surface area contributed by atoms with Crippen molar-refractivity contribution in [2.45, 2.75) is 19.8 Å². The number of benzene rings is 2. The van der Waals surface area contributed by atoms with E-state index in [2.05, 4.69) is 10.6 Å². The molecule has 1 aliphatic rings. The van der Waals surface area contributed by atoms with Crippen molar-refractivity contribution < 1.29 is 34.1 Å². The van der Waals surface area contributed by atoms with Crippen molar-refractivity contribution in [1.82, 2.24) is 4.90 Å². The Morgan fingerprint density at radius 3 is 2.41 bits per heavy atom. The number of aromatic carboxylic acids is 1. The van der Waals surface area contributed by atoms with Crippen LogP contribution in [0.4, 0.5) is 16.2 Å². The van der Waals surface area contributed by atoms with E-state index < -0.39 is 18.5 Å². The normalized spacial score (nSPS) is 13.5. The number of carbonyl (C=O) groups excluding carboxylic acids is 1. The Hall–Kier alpha value is -4.25. The molecular weight excluding hydrogens is 522 g/mol. The number of urea groups is 1. The maximum atomic E-state index is 12.6. The van der Waals surface area contributed by atoms with Crippen LogP contribution >= 0.6 is 11.3 Å². The Morgan fingerprint density at radius 1 is 1.05 bits per heavy atom. The predicted octanol–water partition coefficient (Wildman–Crippen LogP) is 5.25. The Kier molecular flexibility index (Phi) is 8.92. The molecule has 0 bridgehead atoms. The number of carboxylic acids is 2. The highest BCUT2D eigenvalue weighted by molar-refractivity contribution is 7.18. The van der Waals surface area contributed by atoms with Crippen LogP contribution in [-0.4, -0.2) is 66.4 Å². The summed E-state index contributed by atoms with van der Waals surface area (Å²) >= 11 is 1.06. The zero-order valence-electron chi connectivity index (χ0n) is 21.7. The Morgan fingerprint density at radius 2 is 1.77 bits per heavy atom. The average Bonchev–Trinajstić information content (AvgIpc) is 3.27. The van der Waals surface area contributed by atoms with Crippen molar-refractivity contribution in [3.8, 4) is 21.9 Å². The highest BCUT2D eigenvalue weighted by atomic mass is 32.1. The van der Waals surface area contributed by atoms with Crippen molar-refractivity contribution in [2.24, 2.45) is 5.92 Å². The number of hydrogen-bond acceptors (Lipinski definition) is 7. The molecular formula is C28H31N3O7S. The molecule has 4 N–H and O–H groups in total. The van der Waals surface area contributed by atoms with Gasteiger partial charge in [-0.05, 0) is 67.6 Å². The van der Waals surface area contributed by atoms with E-state index in [1.807, 2.05) is 41.3 Å². The van der Waals surface area contributed by atoms with Gasteiger partial charge in [0.25, 0.3) is 0 Å². The van der Waals surface area contributed by atoms with Gasteiger partial charge in [0.05, 0.1) is 7.11 Å². The number of carbonyl (C=O) groups is 3. The summed E-state index contributed by atoms with van der Waals surface area (Å²) < 4.78 is 10.4. The first-order valence-electron chi connectivity index (χ1n) is 12.5. The van der Waals surface area contributed by atoms with Gasteiger partial charge in [-0.3, -0.25) is 0 Å². The SMILES string of the molecule is COc1ccc(NC(=O)N2CCC(CNc3cccc(-c4sc(C(=O)O)c(OCC(=O)O)c4C)c3)CC2)cc1. The number of piperidine rings is 1. The minimum Gasteiger partial charge on any atom is -0.497 e. The number of methoxy groups -OCH3 is 1. The summed E-state index contributed by atoms with van der Waals surface area (Å²) in [4.78, 5) is 37.8. The van der Waals surface area contributed by atoms with Gasteiger partial charge in [0.2, 0.25) is 0 Å². The van der Waals surface area contributed by atoms with E-state index in [1.165, 1.54) is 0 Å². The molecule has 0 radical (unpaired) electrons. The van der Waals surface area contributed by atoms with Gasteiger partial charge < -0.3 is 35.2 Å². The molecule has 3 aromatic rings. The molecule has 11 heteroatoms. The minimum absolute atomic E-state index is 0.0232. The van der Waals surface area contributed by atoms with E-state index in [-0.39, 0.29) is 16.7 Å². The van der Waals surface area contributed by atoms with Crippen LogP contribution < -0.4 is 20.1 Å². The zero-order chi connectivity index (χ0) is 27.9. The lowest BCUT2D eigenvalue weighted by atomic mass is 9.97. The first-order chi connectivity index (χ1) is 18.7. The van der Waals surface area contributed by atoms with Gasteiger partial charge in [0.1, 0.15) is 11.5 Å². The number of amides is 2. The van der Waals surface area contributed by atoms with Crippen LogP contribution in [0, 0.1) is 12.8 Å². The number of carboxylic acid groups (broad SMARTS) is 2. The second-order valence-electron chi connectivity index (χ2n) is 9.25. The first-order valence-corrected chi connectivity index (χ1v) is 13.3. The zero-order valence-corrected chi connectivity index (χ0v) is 22.5. The molecule has 4 rings (SSSR count). The fourth-order valence-corrected chi connectivity index (χ4v) is 5.56. The van der Waals surface area contributed by atoms with Gasteiger partial charge in [-0.15, -0.1) is 11.3 Å². The van der Waals surface area contributed by atoms with E-state index >= 15 is 0 Å². The topological polar surface area (TPSA) is 137 Å². The van der Waals surface area contributed by atoms with Gasteiger partial charge in [-0.2, -0.15) is 0 Å². The monoisotopic (exact) mass is 553 g/mol. The Balaban J connectivity index is 1.33. The molecule has 1 fully saturated rings. The van der Waals surface area contributed by atoms with Crippen LogP contribution in [-0.2, 0) is 4.79 Å². The van der Waals surface area contributed by atoms with Crippen molar-refractivity contribution in [2.75, 3.05) is 44.0 Å². The van der Waals surface area contributed by atoms with Crippen LogP contribution in [0.25, 0.3) is 10.4 Å². The number of aliphatic carboxylic acids is 1. The maximum Gasteiger partial charge on any atom is 0.349 e. The summed E-state index contributed by atoms with van der Waals surface area (Å²) in [6.45, 7) is 3.20. The summed E-state index contributed by atoms with van der Waals surface area (Å²) in [5.41, 5.74) is 3.03. The van der Waals surface area contributed by atoms with Crippen molar-refractivity contribution >= 4 is 40.7 Å².